The number of hydrogen-bond donors (Lipinski definition) is 1. The molecule has 1 heterocycles. The second-order valence-electron chi connectivity index (χ2n) is 3.85. The number of nitrogens with zero attached hydrogens (tertiary/aromatic N) is 2. The molecule has 0 amide bonds. The highest BCUT2D eigenvalue weighted by Gasteiger charge is 2.36. The van der Waals surface area contributed by atoms with Gasteiger partial charge in [-0.25, -0.2) is 23.5 Å². The van der Waals surface area contributed by atoms with E-state index in [0.717, 1.165) is 36.9 Å². The van der Waals surface area contributed by atoms with Gasteiger partial charge >= 0.3 is 6.18 Å². The lowest BCUT2D eigenvalue weighted by Gasteiger charge is -2.15. The monoisotopic (exact) mass is 339 g/mol. The summed E-state index contributed by atoms with van der Waals surface area (Å²) in [6.07, 6.45) is -1.43. The zero-order chi connectivity index (χ0) is 15.0. The predicted octanol–water partition coefficient (Wildman–Crippen LogP) is 2.23. The van der Waals surface area contributed by atoms with E-state index in [0.29, 0.717) is 0 Å². The minimum Gasteiger partial charge on any atom is -0.244 e. The van der Waals surface area contributed by atoms with Crippen LogP contribution >= 0.6 is 12.4 Å². The number of hydrogen-bond acceptors (Lipinski definition) is 4. The first kappa shape index (κ1) is 17.3. The zero-order valence-electron chi connectivity index (χ0n) is 10.2. The van der Waals surface area contributed by atoms with Gasteiger partial charge < -0.3 is 0 Å². The molecule has 114 valence electrons. The Morgan fingerprint density at radius 1 is 1.10 bits per heavy atom. The van der Waals surface area contributed by atoms with Crippen LogP contribution in [0.15, 0.2) is 41.8 Å². The van der Waals surface area contributed by atoms with Gasteiger partial charge in [0, 0.05) is 23.5 Å². The molecule has 1 aromatic heterocycles. The molecule has 0 aliphatic heterocycles. The number of rotatable bonds is 2. The quantitative estimate of drug-likeness (QED) is 0.909. The molecule has 5 nitrogen and oxygen atoms in total. The molecule has 0 saturated heterocycles. The Labute approximate surface area is 124 Å². The van der Waals surface area contributed by atoms with Crippen LogP contribution in [0.2, 0.25) is 0 Å². The number of benzene rings is 1. The summed E-state index contributed by atoms with van der Waals surface area (Å²) >= 11 is 0. The fourth-order valence-electron chi connectivity index (χ4n) is 1.73. The fraction of sp³-hybridized carbons (Fsp3) is 0.0909. The Morgan fingerprint density at radius 3 is 2.14 bits per heavy atom. The predicted molar refractivity (Wildman–Crippen MR) is 71.1 cm³/mol. The maximum Gasteiger partial charge on any atom is 0.417 e. The number of sulfonamides is 1. The van der Waals surface area contributed by atoms with E-state index in [2.05, 4.69) is 9.97 Å². The summed E-state index contributed by atoms with van der Waals surface area (Å²) in [7, 11) is -4.32. The van der Waals surface area contributed by atoms with Gasteiger partial charge in [-0.3, -0.25) is 0 Å². The Bertz CT molecular complexity index is 736. The van der Waals surface area contributed by atoms with E-state index in [1.165, 1.54) is 0 Å². The van der Waals surface area contributed by atoms with E-state index in [9.17, 15) is 21.6 Å². The van der Waals surface area contributed by atoms with Gasteiger partial charge in [-0.1, -0.05) is 6.07 Å². The number of primary sulfonamides is 1. The van der Waals surface area contributed by atoms with Gasteiger partial charge in [-0.05, 0) is 12.1 Å². The van der Waals surface area contributed by atoms with Crippen LogP contribution in [0.4, 0.5) is 13.2 Å². The molecule has 10 heteroatoms. The molecular weight excluding hydrogens is 331 g/mol. The Balaban J connectivity index is 0.00000220. The largest absolute Gasteiger partial charge is 0.417 e. The van der Waals surface area contributed by atoms with Gasteiger partial charge in [0.2, 0.25) is 10.0 Å². The molecule has 21 heavy (non-hydrogen) atoms. The first-order chi connectivity index (χ1) is 9.21. The molecule has 2 aromatic rings. The van der Waals surface area contributed by atoms with Crippen molar-refractivity contribution < 1.29 is 21.6 Å². The molecule has 0 atom stereocenters. The minimum absolute atomic E-state index is 0. The van der Waals surface area contributed by atoms with Crippen molar-refractivity contribution in [2.24, 2.45) is 5.14 Å². The highest BCUT2D eigenvalue weighted by molar-refractivity contribution is 7.89. The van der Waals surface area contributed by atoms with Crippen molar-refractivity contribution in [2.75, 3.05) is 0 Å². The van der Waals surface area contributed by atoms with E-state index in [-0.39, 0.29) is 18.0 Å². The highest BCUT2D eigenvalue weighted by Crippen LogP contribution is 2.39. The smallest absolute Gasteiger partial charge is 0.244 e. The molecule has 0 spiro atoms. The van der Waals surface area contributed by atoms with Crippen LogP contribution in [-0.4, -0.2) is 18.4 Å². The number of aromatic nitrogens is 2. The van der Waals surface area contributed by atoms with Crippen LogP contribution in [0.1, 0.15) is 5.56 Å². The van der Waals surface area contributed by atoms with Crippen molar-refractivity contribution in [2.45, 2.75) is 11.1 Å². The molecule has 0 saturated carbocycles. The lowest BCUT2D eigenvalue weighted by molar-refractivity contribution is -0.137. The summed E-state index contributed by atoms with van der Waals surface area (Å²) < 4.78 is 62.0. The first-order valence-corrected chi connectivity index (χ1v) is 6.74. The number of halogens is 4. The van der Waals surface area contributed by atoms with Gasteiger partial charge in [0.25, 0.3) is 0 Å². The zero-order valence-corrected chi connectivity index (χ0v) is 11.8. The van der Waals surface area contributed by atoms with Crippen LogP contribution < -0.4 is 5.14 Å². The van der Waals surface area contributed by atoms with Crippen LogP contribution in [0.25, 0.3) is 11.1 Å². The normalized spacial score (nSPS) is 11.8. The van der Waals surface area contributed by atoms with Gasteiger partial charge in [0.1, 0.15) is 6.33 Å². The van der Waals surface area contributed by atoms with E-state index in [1.807, 2.05) is 0 Å². The third-order valence-electron chi connectivity index (χ3n) is 2.49. The minimum atomic E-state index is -4.73. The molecule has 1 aromatic carbocycles. The second-order valence-corrected chi connectivity index (χ2v) is 5.38. The summed E-state index contributed by atoms with van der Waals surface area (Å²) in [4.78, 5) is 6.56. The Morgan fingerprint density at radius 2 is 1.67 bits per heavy atom. The molecule has 0 unspecified atom stereocenters. The molecule has 0 aliphatic rings. The van der Waals surface area contributed by atoms with Gasteiger partial charge in [-0.15, -0.1) is 12.4 Å². The lowest BCUT2D eigenvalue weighted by Crippen LogP contribution is -2.17. The molecule has 0 bridgehead atoms. The van der Waals surface area contributed by atoms with E-state index in [4.69, 9.17) is 5.14 Å². The van der Waals surface area contributed by atoms with Crippen molar-refractivity contribution in [3.63, 3.8) is 0 Å². The molecule has 0 radical (unpaired) electrons. The van der Waals surface area contributed by atoms with Crippen molar-refractivity contribution in [1.82, 2.24) is 9.97 Å². The van der Waals surface area contributed by atoms with E-state index < -0.39 is 32.2 Å². The number of alkyl halides is 3. The maximum atomic E-state index is 13.0. The summed E-state index contributed by atoms with van der Waals surface area (Å²) in [6, 6.07) is 2.76. The first-order valence-electron chi connectivity index (χ1n) is 5.19. The third kappa shape index (κ3) is 3.69. The van der Waals surface area contributed by atoms with E-state index in [1.54, 1.807) is 0 Å². The van der Waals surface area contributed by atoms with E-state index >= 15 is 0 Å². The topological polar surface area (TPSA) is 85.9 Å². The highest BCUT2D eigenvalue weighted by atomic mass is 35.5. The molecule has 2 rings (SSSR count). The molecule has 0 fully saturated rings. The van der Waals surface area contributed by atoms with Crippen LogP contribution in [0, 0.1) is 0 Å². The van der Waals surface area contributed by atoms with Crippen LogP contribution in [-0.2, 0) is 16.2 Å². The van der Waals surface area contributed by atoms with Crippen LogP contribution in [0.3, 0.4) is 0 Å². The Hall–Kier alpha value is -1.71. The number of nitrogens with two attached hydrogens (primary N) is 1. The van der Waals surface area contributed by atoms with Crippen molar-refractivity contribution in [1.29, 1.82) is 0 Å². The standard InChI is InChI=1S/C11H8F3N3O2S.ClH/c12-11(13,14)8-2-1-3-9(20(15,18)19)10(8)7-4-16-6-17-5-7;/h1-6H,(H2,15,18,19);1H. The SMILES string of the molecule is Cl.NS(=O)(=O)c1cccc(C(F)(F)F)c1-c1cncnc1. The Kier molecular flexibility index (Phi) is 4.92. The average Bonchev–Trinajstić information content (AvgIpc) is 2.37. The van der Waals surface area contributed by atoms with Gasteiger partial charge in [-0.2, -0.15) is 13.2 Å². The maximum absolute atomic E-state index is 13.0. The summed E-state index contributed by atoms with van der Waals surface area (Å²) in [5.74, 6) is 0. The van der Waals surface area contributed by atoms with Crippen LogP contribution in [0.5, 0.6) is 0 Å². The summed E-state index contributed by atoms with van der Waals surface area (Å²) in [6.45, 7) is 0. The summed E-state index contributed by atoms with van der Waals surface area (Å²) in [5.41, 5.74) is -1.74. The lowest BCUT2D eigenvalue weighted by atomic mass is 10.0. The molecule has 0 aliphatic carbocycles. The average molecular weight is 340 g/mol. The molecular formula is C11H9ClF3N3O2S. The third-order valence-corrected chi connectivity index (χ3v) is 3.44. The van der Waals surface area contributed by atoms with Crippen molar-refractivity contribution in [3.8, 4) is 11.1 Å². The summed E-state index contributed by atoms with van der Waals surface area (Å²) in [5, 5.41) is 4.97. The van der Waals surface area contributed by atoms with Crippen molar-refractivity contribution >= 4 is 22.4 Å². The van der Waals surface area contributed by atoms with Crippen molar-refractivity contribution in [3.05, 3.63) is 42.5 Å². The fourth-order valence-corrected chi connectivity index (χ4v) is 2.51. The van der Waals surface area contributed by atoms with Gasteiger partial charge in [0.05, 0.1) is 10.5 Å². The second kappa shape index (κ2) is 5.96. The van der Waals surface area contributed by atoms with Gasteiger partial charge in [0.15, 0.2) is 0 Å². The molecule has 2 N–H and O–H groups in total.